The van der Waals surface area contributed by atoms with Crippen molar-refractivity contribution >= 4 is 40.3 Å². The van der Waals surface area contributed by atoms with Crippen LogP contribution in [0, 0.1) is 0 Å². The molecule has 1 aromatic carbocycles. The fourth-order valence-corrected chi connectivity index (χ4v) is 4.34. The number of amides is 1. The Morgan fingerprint density at radius 3 is 2.93 bits per heavy atom. The topological polar surface area (TPSA) is 72.7 Å². The normalized spacial score (nSPS) is 15.1. The number of hydrogen-bond donors (Lipinski definition) is 1. The second-order valence-corrected chi connectivity index (χ2v) is 8.04. The molecular weight excluding hydrogens is 382 g/mol. The van der Waals surface area contributed by atoms with Crippen LogP contribution in [-0.4, -0.2) is 37.5 Å². The highest BCUT2D eigenvalue weighted by molar-refractivity contribution is 8.00. The lowest BCUT2D eigenvalue weighted by molar-refractivity contribution is -0.119. The Hall–Kier alpha value is -2.12. The zero-order valence-corrected chi connectivity index (χ0v) is 16.3. The number of fused-ring (bicyclic) bond motifs is 1. The highest BCUT2D eigenvalue weighted by Gasteiger charge is 2.17. The fraction of sp³-hybridized carbons (Fsp3) is 0.368. The first-order valence-electron chi connectivity index (χ1n) is 9.07. The maximum absolute atomic E-state index is 12.3. The molecule has 1 fully saturated rings. The van der Waals surface area contributed by atoms with Gasteiger partial charge in [0.2, 0.25) is 5.91 Å². The molecule has 0 bridgehead atoms. The average molecular weight is 402 g/mol. The van der Waals surface area contributed by atoms with Crippen LogP contribution >= 0.6 is 23.4 Å². The van der Waals surface area contributed by atoms with Crippen molar-refractivity contribution in [3.63, 3.8) is 0 Å². The molecule has 2 heterocycles. The molecule has 2 aromatic heterocycles. The van der Waals surface area contributed by atoms with Crippen molar-refractivity contribution < 1.29 is 4.79 Å². The fourth-order valence-electron chi connectivity index (χ4n) is 3.38. The largest absolute Gasteiger partial charge is 0.353 e. The van der Waals surface area contributed by atoms with Crippen molar-refractivity contribution in [1.82, 2.24) is 25.1 Å². The second-order valence-electron chi connectivity index (χ2n) is 6.64. The van der Waals surface area contributed by atoms with Crippen LogP contribution in [-0.2, 0) is 4.79 Å². The highest BCUT2D eigenvalue weighted by atomic mass is 35.5. The molecule has 0 aliphatic heterocycles. The van der Waals surface area contributed by atoms with E-state index in [4.69, 9.17) is 11.6 Å². The van der Waals surface area contributed by atoms with Crippen LogP contribution in [0.4, 0.5) is 0 Å². The molecule has 1 aliphatic carbocycles. The Labute approximate surface area is 166 Å². The first-order chi connectivity index (χ1) is 13.2. The lowest BCUT2D eigenvalue weighted by Crippen LogP contribution is -2.37. The number of thioether (sulfide) groups is 1. The van der Waals surface area contributed by atoms with Gasteiger partial charge in [0, 0.05) is 11.1 Å². The minimum Gasteiger partial charge on any atom is -0.353 e. The van der Waals surface area contributed by atoms with Gasteiger partial charge in [-0.3, -0.25) is 4.79 Å². The SMILES string of the molecule is O=C(CSc1ncnc2c1cnn2-c1cccc(Cl)c1)NC1CCCCC1. The summed E-state index contributed by atoms with van der Waals surface area (Å²) in [5.41, 5.74) is 1.53. The van der Waals surface area contributed by atoms with E-state index >= 15 is 0 Å². The maximum Gasteiger partial charge on any atom is 0.230 e. The summed E-state index contributed by atoms with van der Waals surface area (Å²) in [4.78, 5) is 21.0. The molecule has 0 unspecified atom stereocenters. The van der Waals surface area contributed by atoms with Crippen molar-refractivity contribution in [3.05, 3.63) is 41.8 Å². The molecule has 3 aromatic rings. The van der Waals surface area contributed by atoms with Gasteiger partial charge < -0.3 is 5.32 Å². The van der Waals surface area contributed by atoms with Gasteiger partial charge >= 0.3 is 0 Å². The Kier molecular flexibility index (Phi) is 5.59. The first kappa shape index (κ1) is 18.3. The van der Waals surface area contributed by atoms with Crippen molar-refractivity contribution in [3.8, 4) is 5.69 Å². The molecule has 1 aliphatic rings. The van der Waals surface area contributed by atoms with Crippen LogP contribution in [0.15, 0.2) is 41.8 Å². The van der Waals surface area contributed by atoms with Crippen LogP contribution in [0.25, 0.3) is 16.7 Å². The minimum atomic E-state index is 0.0564. The standard InChI is InChI=1S/C19H20ClN5OS/c20-13-5-4-8-15(9-13)25-18-16(10-23-25)19(22-12-21-18)27-11-17(26)24-14-6-2-1-3-7-14/h4-5,8-10,12,14H,1-3,6-7,11H2,(H,24,26). The second kappa shape index (κ2) is 8.27. The van der Waals surface area contributed by atoms with Gasteiger partial charge in [-0.2, -0.15) is 5.10 Å². The molecule has 140 valence electrons. The van der Waals surface area contributed by atoms with Crippen molar-refractivity contribution in [2.45, 2.75) is 43.2 Å². The molecular formula is C19H20ClN5OS. The van der Waals surface area contributed by atoms with Gasteiger partial charge in [-0.1, -0.05) is 48.7 Å². The molecule has 0 atom stereocenters. The van der Waals surface area contributed by atoms with Gasteiger partial charge in [0.05, 0.1) is 23.0 Å². The van der Waals surface area contributed by atoms with Crippen LogP contribution < -0.4 is 5.32 Å². The number of benzene rings is 1. The zero-order chi connectivity index (χ0) is 18.6. The molecule has 0 radical (unpaired) electrons. The molecule has 4 rings (SSSR count). The number of nitrogens with zero attached hydrogens (tertiary/aromatic N) is 4. The van der Waals surface area contributed by atoms with E-state index < -0.39 is 0 Å². The third-order valence-electron chi connectivity index (χ3n) is 4.69. The first-order valence-corrected chi connectivity index (χ1v) is 10.4. The molecule has 1 amide bonds. The lowest BCUT2D eigenvalue weighted by Gasteiger charge is -2.22. The summed E-state index contributed by atoms with van der Waals surface area (Å²) in [6, 6.07) is 7.77. The van der Waals surface area contributed by atoms with Crippen LogP contribution in [0.2, 0.25) is 5.02 Å². The highest BCUT2D eigenvalue weighted by Crippen LogP contribution is 2.26. The number of nitrogens with one attached hydrogen (secondary N) is 1. The van der Waals surface area contributed by atoms with Crippen molar-refractivity contribution in [1.29, 1.82) is 0 Å². The molecule has 0 saturated heterocycles. The number of halogens is 1. The van der Waals surface area contributed by atoms with E-state index in [9.17, 15) is 4.79 Å². The summed E-state index contributed by atoms with van der Waals surface area (Å²) in [6.45, 7) is 0. The molecule has 27 heavy (non-hydrogen) atoms. The van der Waals surface area contributed by atoms with Gasteiger partial charge in [-0.25, -0.2) is 14.6 Å². The Bertz CT molecular complexity index is 954. The van der Waals surface area contributed by atoms with E-state index in [0.29, 0.717) is 22.5 Å². The van der Waals surface area contributed by atoms with Gasteiger partial charge in [-0.15, -0.1) is 0 Å². The number of carbonyl (C=O) groups is 1. The van der Waals surface area contributed by atoms with Gasteiger partial charge in [0.25, 0.3) is 0 Å². The third-order valence-corrected chi connectivity index (χ3v) is 5.93. The van der Waals surface area contributed by atoms with Crippen LogP contribution in [0.5, 0.6) is 0 Å². The summed E-state index contributed by atoms with van der Waals surface area (Å²) in [5.74, 6) is 0.395. The Balaban J connectivity index is 1.49. The van der Waals surface area contributed by atoms with E-state index in [2.05, 4.69) is 20.4 Å². The van der Waals surface area contributed by atoms with Gasteiger partial charge in [-0.05, 0) is 31.0 Å². The van der Waals surface area contributed by atoms with Crippen LogP contribution in [0.3, 0.4) is 0 Å². The van der Waals surface area contributed by atoms with Crippen molar-refractivity contribution in [2.24, 2.45) is 0 Å². The van der Waals surface area contributed by atoms with E-state index in [-0.39, 0.29) is 5.91 Å². The van der Waals surface area contributed by atoms with E-state index in [0.717, 1.165) is 28.9 Å². The molecule has 8 heteroatoms. The van der Waals surface area contributed by atoms with E-state index in [1.807, 2.05) is 24.3 Å². The predicted octanol–water partition coefficient (Wildman–Crippen LogP) is 4.01. The van der Waals surface area contributed by atoms with E-state index in [1.54, 1.807) is 10.9 Å². The summed E-state index contributed by atoms with van der Waals surface area (Å²) < 4.78 is 1.73. The van der Waals surface area contributed by atoms with Crippen molar-refractivity contribution in [2.75, 3.05) is 5.75 Å². The van der Waals surface area contributed by atoms with Gasteiger partial charge in [0.15, 0.2) is 5.65 Å². The Morgan fingerprint density at radius 2 is 2.11 bits per heavy atom. The number of hydrogen-bond acceptors (Lipinski definition) is 5. The zero-order valence-electron chi connectivity index (χ0n) is 14.8. The number of carbonyl (C=O) groups excluding carboxylic acids is 1. The molecule has 0 spiro atoms. The third kappa shape index (κ3) is 4.25. The average Bonchev–Trinajstić information content (AvgIpc) is 3.12. The Morgan fingerprint density at radius 1 is 1.26 bits per heavy atom. The summed E-state index contributed by atoms with van der Waals surface area (Å²) >= 11 is 7.50. The van der Waals surface area contributed by atoms with Crippen LogP contribution in [0.1, 0.15) is 32.1 Å². The summed E-state index contributed by atoms with van der Waals surface area (Å²) in [7, 11) is 0. The number of aromatic nitrogens is 4. The molecule has 1 N–H and O–H groups in total. The summed E-state index contributed by atoms with van der Waals surface area (Å²) in [6.07, 6.45) is 9.09. The lowest BCUT2D eigenvalue weighted by atomic mass is 9.95. The molecule has 1 saturated carbocycles. The van der Waals surface area contributed by atoms with E-state index in [1.165, 1.54) is 37.4 Å². The van der Waals surface area contributed by atoms with Gasteiger partial charge in [0.1, 0.15) is 11.4 Å². The molecule has 6 nitrogen and oxygen atoms in total. The predicted molar refractivity (Wildman–Crippen MR) is 107 cm³/mol. The monoisotopic (exact) mass is 401 g/mol. The summed E-state index contributed by atoms with van der Waals surface area (Å²) in [5, 5.41) is 9.79. The smallest absolute Gasteiger partial charge is 0.230 e. The minimum absolute atomic E-state index is 0.0564. The number of rotatable bonds is 5. The quantitative estimate of drug-likeness (QED) is 0.516. The maximum atomic E-state index is 12.3.